The Labute approximate surface area is 156 Å². The van der Waals surface area contributed by atoms with E-state index in [0.29, 0.717) is 34.3 Å². The Morgan fingerprint density at radius 1 is 1.00 bits per heavy atom. The van der Waals surface area contributed by atoms with E-state index in [0.717, 1.165) is 5.69 Å². The molecule has 0 atom stereocenters. The van der Waals surface area contributed by atoms with Gasteiger partial charge >= 0.3 is 5.97 Å². The predicted octanol–water partition coefficient (Wildman–Crippen LogP) is 3.93. The van der Waals surface area contributed by atoms with E-state index in [2.05, 4.69) is 26.7 Å². The number of aryl methyl sites for hydroxylation is 1. The van der Waals surface area contributed by atoms with Crippen LogP contribution < -0.4 is 10.6 Å². The number of nitrogens with one attached hydrogen (secondary N) is 2. The molecule has 0 amide bonds. The average molecular weight is 359 g/mol. The van der Waals surface area contributed by atoms with Crippen LogP contribution in [0.1, 0.15) is 21.7 Å². The largest absolute Gasteiger partial charge is 0.465 e. The highest BCUT2D eigenvalue weighted by atomic mass is 16.5. The summed E-state index contributed by atoms with van der Waals surface area (Å²) in [5.41, 5.74) is 2.56. The van der Waals surface area contributed by atoms with Gasteiger partial charge in [0, 0.05) is 17.4 Å². The van der Waals surface area contributed by atoms with E-state index in [1.54, 1.807) is 43.3 Å². The van der Waals surface area contributed by atoms with E-state index in [1.165, 1.54) is 7.11 Å². The summed E-state index contributed by atoms with van der Waals surface area (Å²) in [6.07, 6.45) is 0. The summed E-state index contributed by atoms with van der Waals surface area (Å²) in [4.78, 5) is 20.4. The molecule has 0 radical (unpaired) electrons. The fourth-order valence-electron chi connectivity index (χ4n) is 2.46. The van der Waals surface area contributed by atoms with Crippen LogP contribution >= 0.6 is 0 Å². The lowest BCUT2D eigenvalue weighted by molar-refractivity contribution is 0.0601. The molecule has 3 aromatic rings. The molecule has 134 valence electrons. The van der Waals surface area contributed by atoms with Crippen molar-refractivity contribution in [2.24, 2.45) is 0 Å². The molecular formula is C20H17N5O2. The maximum absolute atomic E-state index is 11.7. The van der Waals surface area contributed by atoms with Crippen molar-refractivity contribution < 1.29 is 9.53 Å². The standard InChI is InChI=1S/C20H17N5O2/c1-13-22-18(24-16-8-6-14(12-21)7-9-16)11-19(23-13)25-17-5-3-4-15(10-17)20(26)27-2/h3-11H,1-2H3,(H2,22,23,24,25). The molecule has 7 heteroatoms. The number of carbonyl (C=O) groups is 1. The number of methoxy groups -OCH3 is 1. The maximum atomic E-state index is 11.7. The van der Waals surface area contributed by atoms with Gasteiger partial charge in [0.25, 0.3) is 0 Å². The molecule has 0 saturated heterocycles. The van der Waals surface area contributed by atoms with Crippen molar-refractivity contribution >= 4 is 29.0 Å². The van der Waals surface area contributed by atoms with E-state index in [1.807, 2.05) is 18.2 Å². The monoisotopic (exact) mass is 359 g/mol. The Kier molecular flexibility index (Phi) is 5.28. The van der Waals surface area contributed by atoms with Crippen LogP contribution in [0.5, 0.6) is 0 Å². The van der Waals surface area contributed by atoms with Crippen molar-refractivity contribution in [1.82, 2.24) is 9.97 Å². The number of aromatic nitrogens is 2. The van der Waals surface area contributed by atoms with Gasteiger partial charge in [-0.15, -0.1) is 0 Å². The lowest BCUT2D eigenvalue weighted by Crippen LogP contribution is -2.04. The van der Waals surface area contributed by atoms with Gasteiger partial charge in [-0.25, -0.2) is 14.8 Å². The van der Waals surface area contributed by atoms with Gasteiger partial charge in [0.2, 0.25) is 0 Å². The SMILES string of the molecule is COC(=O)c1cccc(Nc2cc(Nc3ccc(C#N)cc3)nc(C)n2)c1. The average Bonchev–Trinajstić information content (AvgIpc) is 2.67. The van der Waals surface area contributed by atoms with Gasteiger partial charge in [-0.05, 0) is 49.4 Å². The van der Waals surface area contributed by atoms with Gasteiger partial charge in [-0.2, -0.15) is 5.26 Å². The first-order chi connectivity index (χ1) is 13.1. The lowest BCUT2D eigenvalue weighted by atomic mass is 10.2. The number of ether oxygens (including phenoxy) is 1. The highest BCUT2D eigenvalue weighted by Crippen LogP contribution is 2.21. The molecule has 0 aliphatic carbocycles. The number of nitrogens with zero attached hydrogens (tertiary/aromatic N) is 3. The van der Waals surface area contributed by atoms with Crippen LogP contribution in [0.3, 0.4) is 0 Å². The Morgan fingerprint density at radius 2 is 1.67 bits per heavy atom. The first kappa shape index (κ1) is 17.9. The zero-order valence-corrected chi connectivity index (χ0v) is 14.9. The lowest BCUT2D eigenvalue weighted by Gasteiger charge is -2.11. The first-order valence-corrected chi connectivity index (χ1v) is 8.15. The molecule has 7 nitrogen and oxygen atoms in total. The summed E-state index contributed by atoms with van der Waals surface area (Å²) in [5, 5.41) is 15.2. The maximum Gasteiger partial charge on any atom is 0.337 e. The highest BCUT2D eigenvalue weighted by molar-refractivity contribution is 5.90. The van der Waals surface area contributed by atoms with Crippen LogP contribution in [0.2, 0.25) is 0 Å². The Hall–Kier alpha value is -3.92. The Bertz CT molecular complexity index is 1010. The molecular weight excluding hydrogens is 342 g/mol. The molecule has 1 heterocycles. The topological polar surface area (TPSA) is 99.9 Å². The molecule has 0 aliphatic rings. The third kappa shape index (κ3) is 4.58. The molecule has 0 fully saturated rings. The summed E-state index contributed by atoms with van der Waals surface area (Å²) in [6, 6.07) is 17.9. The van der Waals surface area contributed by atoms with Crippen molar-refractivity contribution in [2.75, 3.05) is 17.7 Å². The summed E-state index contributed by atoms with van der Waals surface area (Å²) < 4.78 is 4.74. The van der Waals surface area contributed by atoms with Crippen molar-refractivity contribution in [3.05, 3.63) is 71.5 Å². The number of anilines is 4. The van der Waals surface area contributed by atoms with Gasteiger partial charge in [0.1, 0.15) is 17.5 Å². The molecule has 27 heavy (non-hydrogen) atoms. The number of carbonyl (C=O) groups excluding carboxylic acids is 1. The summed E-state index contributed by atoms with van der Waals surface area (Å²) in [6.45, 7) is 1.79. The van der Waals surface area contributed by atoms with Gasteiger partial charge in [0.05, 0.1) is 24.3 Å². The number of hydrogen-bond acceptors (Lipinski definition) is 7. The zero-order valence-electron chi connectivity index (χ0n) is 14.9. The third-order valence-corrected chi connectivity index (χ3v) is 3.68. The number of nitriles is 1. The van der Waals surface area contributed by atoms with E-state index < -0.39 is 5.97 Å². The third-order valence-electron chi connectivity index (χ3n) is 3.68. The van der Waals surface area contributed by atoms with Gasteiger partial charge in [-0.3, -0.25) is 0 Å². The molecule has 0 spiro atoms. The number of hydrogen-bond donors (Lipinski definition) is 2. The van der Waals surface area contributed by atoms with Gasteiger partial charge in [-0.1, -0.05) is 6.07 Å². The van der Waals surface area contributed by atoms with Crippen molar-refractivity contribution in [2.45, 2.75) is 6.92 Å². The summed E-state index contributed by atoms with van der Waals surface area (Å²) in [7, 11) is 1.34. The molecule has 2 N–H and O–H groups in total. The smallest absolute Gasteiger partial charge is 0.337 e. The Morgan fingerprint density at radius 3 is 2.30 bits per heavy atom. The van der Waals surface area contributed by atoms with Crippen LogP contribution in [-0.4, -0.2) is 23.0 Å². The fraction of sp³-hybridized carbons (Fsp3) is 0.100. The fourth-order valence-corrected chi connectivity index (χ4v) is 2.46. The van der Waals surface area contributed by atoms with E-state index in [9.17, 15) is 4.79 Å². The summed E-state index contributed by atoms with van der Waals surface area (Å²) >= 11 is 0. The number of esters is 1. The second-order valence-corrected chi connectivity index (χ2v) is 5.70. The molecule has 1 aromatic heterocycles. The minimum Gasteiger partial charge on any atom is -0.465 e. The highest BCUT2D eigenvalue weighted by Gasteiger charge is 2.07. The van der Waals surface area contributed by atoms with Crippen molar-refractivity contribution in [3.63, 3.8) is 0 Å². The van der Waals surface area contributed by atoms with Crippen LogP contribution in [-0.2, 0) is 4.74 Å². The van der Waals surface area contributed by atoms with Crippen LogP contribution in [0.4, 0.5) is 23.0 Å². The molecule has 2 aromatic carbocycles. The molecule has 0 bridgehead atoms. The summed E-state index contributed by atoms with van der Waals surface area (Å²) in [5.74, 6) is 1.38. The molecule has 0 unspecified atom stereocenters. The first-order valence-electron chi connectivity index (χ1n) is 8.15. The van der Waals surface area contributed by atoms with E-state index in [-0.39, 0.29) is 0 Å². The van der Waals surface area contributed by atoms with Crippen molar-refractivity contribution in [3.8, 4) is 6.07 Å². The number of benzene rings is 2. The second-order valence-electron chi connectivity index (χ2n) is 5.70. The zero-order chi connectivity index (χ0) is 19.2. The quantitative estimate of drug-likeness (QED) is 0.666. The van der Waals surface area contributed by atoms with Crippen LogP contribution in [0.15, 0.2) is 54.6 Å². The molecule has 0 aliphatic heterocycles. The van der Waals surface area contributed by atoms with Gasteiger partial charge < -0.3 is 15.4 Å². The number of rotatable bonds is 5. The van der Waals surface area contributed by atoms with Gasteiger partial charge in [0.15, 0.2) is 0 Å². The van der Waals surface area contributed by atoms with Crippen molar-refractivity contribution in [1.29, 1.82) is 5.26 Å². The Balaban J connectivity index is 1.81. The molecule has 0 saturated carbocycles. The van der Waals surface area contributed by atoms with E-state index >= 15 is 0 Å². The predicted molar refractivity (Wildman–Crippen MR) is 102 cm³/mol. The van der Waals surface area contributed by atoms with E-state index in [4.69, 9.17) is 10.00 Å². The second kappa shape index (κ2) is 7.97. The van der Waals surface area contributed by atoms with Crippen LogP contribution in [0, 0.1) is 18.3 Å². The minimum atomic E-state index is -0.402. The minimum absolute atomic E-state index is 0.402. The molecule has 3 rings (SSSR count). The van der Waals surface area contributed by atoms with Crippen LogP contribution in [0.25, 0.3) is 0 Å². The normalized spacial score (nSPS) is 9.96.